The maximum atomic E-state index is 12.8. The number of nitrogens with one attached hydrogen (secondary N) is 1. The molecule has 0 aromatic heterocycles. The minimum Gasteiger partial charge on any atom is -0.452 e. The average molecular weight is 301 g/mol. The summed E-state index contributed by atoms with van der Waals surface area (Å²) in [7, 11) is 0. The molecule has 0 aliphatic carbocycles. The van der Waals surface area contributed by atoms with Crippen molar-refractivity contribution in [2.45, 2.75) is 13.0 Å². The first-order chi connectivity index (χ1) is 10.6. The van der Waals surface area contributed by atoms with Crippen molar-refractivity contribution in [2.75, 3.05) is 6.61 Å². The molecular weight excluding hydrogens is 285 g/mol. The van der Waals surface area contributed by atoms with Gasteiger partial charge in [0.1, 0.15) is 5.82 Å². The molecule has 2 rings (SSSR count). The second kappa shape index (κ2) is 7.36. The molecular formula is C17H16FNO3. The minimum absolute atomic E-state index is 0.182. The lowest BCUT2D eigenvalue weighted by molar-refractivity contribution is -0.124. The maximum absolute atomic E-state index is 12.8. The molecule has 0 bridgehead atoms. The van der Waals surface area contributed by atoms with Crippen LogP contribution in [-0.4, -0.2) is 18.5 Å². The molecule has 0 aliphatic heterocycles. The fourth-order valence-electron chi connectivity index (χ4n) is 1.91. The Kier molecular flexibility index (Phi) is 5.25. The standard InChI is InChI=1S/C17H16FNO3/c1-12(13-5-3-2-4-6-13)19-16(20)11-22-17(21)14-7-9-15(18)10-8-14/h2-10,12H,11H2,1H3,(H,19,20)/t12-/m0/s1. The molecule has 0 saturated carbocycles. The van der Waals surface area contributed by atoms with Gasteiger partial charge in [0.15, 0.2) is 6.61 Å². The van der Waals surface area contributed by atoms with Crippen LogP contribution in [0.3, 0.4) is 0 Å². The Labute approximate surface area is 127 Å². The summed E-state index contributed by atoms with van der Waals surface area (Å²) >= 11 is 0. The molecule has 0 unspecified atom stereocenters. The highest BCUT2D eigenvalue weighted by atomic mass is 19.1. The van der Waals surface area contributed by atoms with E-state index in [2.05, 4.69) is 5.32 Å². The second-order valence-electron chi connectivity index (χ2n) is 4.78. The van der Waals surface area contributed by atoms with E-state index in [9.17, 15) is 14.0 Å². The Balaban J connectivity index is 1.82. The summed E-state index contributed by atoms with van der Waals surface area (Å²) in [5.74, 6) is -1.50. The van der Waals surface area contributed by atoms with Gasteiger partial charge in [-0.25, -0.2) is 9.18 Å². The van der Waals surface area contributed by atoms with Crippen molar-refractivity contribution in [3.05, 3.63) is 71.5 Å². The maximum Gasteiger partial charge on any atom is 0.338 e. The number of carbonyl (C=O) groups excluding carboxylic acids is 2. The number of hydrogen-bond acceptors (Lipinski definition) is 3. The zero-order valence-corrected chi connectivity index (χ0v) is 12.1. The third-order valence-corrected chi connectivity index (χ3v) is 3.09. The van der Waals surface area contributed by atoms with Crippen LogP contribution in [-0.2, 0) is 9.53 Å². The summed E-state index contributed by atoms with van der Waals surface area (Å²) in [6, 6.07) is 14.2. The van der Waals surface area contributed by atoms with Gasteiger partial charge in [-0.3, -0.25) is 4.79 Å². The molecule has 0 fully saturated rings. The highest BCUT2D eigenvalue weighted by Crippen LogP contribution is 2.11. The third kappa shape index (κ3) is 4.41. The van der Waals surface area contributed by atoms with Crippen LogP contribution in [0.5, 0.6) is 0 Å². The topological polar surface area (TPSA) is 55.4 Å². The number of esters is 1. The molecule has 0 radical (unpaired) electrons. The van der Waals surface area contributed by atoms with E-state index in [1.165, 1.54) is 12.1 Å². The summed E-state index contributed by atoms with van der Waals surface area (Å²) in [5, 5.41) is 2.74. The van der Waals surface area contributed by atoms with Crippen LogP contribution in [0.1, 0.15) is 28.9 Å². The van der Waals surface area contributed by atoms with E-state index in [0.29, 0.717) is 0 Å². The lowest BCUT2D eigenvalue weighted by Gasteiger charge is -2.14. The third-order valence-electron chi connectivity index (χ3n) is 3.09. The van der Waals surface area contributed by atoms with Gasteiger partial charge in [0.05, 0.1) is 11.6 Å². The van der Waals surface area contributed by atoms with E-state index in [-0.39, 0.29) is 18.2 Å². The molecule has 114 valence electrons. The first kappa shape index (κ1) is 15.7. The molecule has 1 amide bonds. The normalized spacial score (nSPS) is 11.5. The van der Waals surface area contributed by atoms with Gasteiger partial charge in [0.25, 0.3) is 5.91 Å². The van der Waals surface area contributed by atoms with Gasteiger partial charge < -0.3 is 10.1 Å². The van der Waals surface area contributed by atoms with Crippen molar-refractivity contribution in [2.24, 2.45) is 0 Å². The zero-order chi connectivity index (χ0) is 15.9. The fraction of sp³-hybridized carbons (Fsp3) is 0.176. The van der Waals surface area contributed by atoms with Gasteiger partial charge in [-0.2, -0.15) is 0 Å². The number of ether oxygens (including phenoxy) is 1. The number of halogens is 1. The Morgan fingerprint density at radius 1 is 1.09 bits per heavy atom. The number of benzene rings is 2. The molecule has 1 atom stereocenters. The van der Waals surface area contributed by atoms with Gasteiger partial charge in [-0.05, 0) is 36.8 Å². The highest BCUT2D eigenvalue weighted by molar-refractivity contribution is 5.91. The van der Waals surface area contributed by atoms with E-state index in [0.717, 1.165) is 17.7 Å². The molecule has 4 nitrogen and oxygen atoms in total. The van der Waals surface area contributed by atoms with Crippen LogP contribution in [0.15, 0.2) is 54.6 Å². The SMILES string of the molecule is C[C@H](NC(=O)COC(=O)c1ccc(F)cc1)c1ccccc1. The largest absolute Gasteiger partial charge is 0.452 e. The van der Waals surface area contributed by atoms with E-state index < -0.39 is 17.7 Å². The number of carbonyl (C=O) groups is 2. The van der Waals surface area contributed by atoms with Crippen molar-refractivity contribution in [3.63, 3.8) is 0 Å². The van der Waals surface area contributed by atoms with Gasteiger partial charge in [-0.1, -0.05) is 30.3 Å². The van der Waals surface area contributed by atoms with Crippen LogP contribution in [0.25, 0.3) is 0 Å². The summed E-state index contributed by atoms with van der Waals surface area (Å²) < 4.78 is 17.6. The number of rotatable bonds is 5. The van der Waals surface area contributed by atoms with Crippen molar-refractivity contribution in [1.82, 2.24) is 5.32 Å². The predicted molar refractivity (Wildman–Crippen MR) is 79.7 cm³/mol. The van der Waals surface area contributed by atoms with E-state index >= 15 is 0 Å². The smallest absolute Gasteiger partial charge is 0.338 e. The summed E-state index contributed by atoms with van der Waals surface area (Å²) in [4.78, 5) is 23.5. The Morgan fingerprint density at radius 3 is 2.36 bits per heavy atom. The first-order valence-corrected chi connectivity index (χ1v) is 6.83. The minimum atomic E-state index is -0.664. The molecule has 5 heteroatoms. The number of amides is 1. The molecule has 0 aliphatic rings. The quantitative estimate of drug-likeness (QED) is 0.864. The van der Waals surface area contributed by atoms with E-state index in [4.69, 9.17) is 4.74 Å². The van der Waals surface area contributed by atoms with Gasteiger partial charge in [-0.15, -0.1) is 0 Å². The molecule has 2 aromatic rings. The van der Waals surface area contributed by atoms with Gasteiger partial charge in [0.2, 0.25) is 0 Å². The second-order valence-corrected chi connectivity index (χ2v) is 4.78. The van der Waals surface area contributed by atoms with Gasteiger partial charge in [0, 0.05) is 0 Å². The Bertz CT molecular complexity index is 641. The predicted octanol–water partition coefficient (Wildman–Crippen LogP) is 2.86. The molecule has 0 heterocycles. The van der Waals surface area contributed by atoms with Crippen LogP contribution in [0.4, 0.5) is 4.39 Å². The lowest BCUT2D eigenvalue weighted by atomic mass is 10.1. The molecule has 1 N–H and O–H groups in total. The Morgan fingerprint density at radius 2 is 1.73 bits per heavy atom. The summed E-state index contributed by atoms with van der Waals surface area (Å²) in [6.07, 6.45) is 0. The van der Waals surface area contributed by atoms with Crippen molar-refractivity contribution in [1.29, 1.82) is 0 Å². The van der Waals surface area contributed by atoms with Crippen LogP contribution < -0.4 is 5.32 Å². The summed E-state index contributed by atoms with van der Waals surface area (Å²) in [5.41, 5.74) is 1.16. The van der Waals surface area contributed by atoms with Crippen LogP contribution in [0, 0.1) is 5.82 Å². The van der Waals surface area contributed by atoms with Gasteiger partial charge >= 0.3 is 5.97 Å². The van der Waals surface area contributed by atoms with Crippen molar-refractivity contribution >= 4 is 11.9 Å². The fourth-order valence-corrected chi connectivity index (χ4v) is 1.91. The molecule has 0 saturated heterocycles. The van der Waals surface area contributed by atoms with E-state index in [1.54, 1.807) is 0 Å². The van der Waals surface area contributed by atoms with Crippen molar-refractivity contribution < 1.29 is 18.7 Å². The van der Waals surface area contributed by atoms with Crippen molar-refractivity contribution in [3.8, 4) is 0 Å². The number of hydrogen-bond donors (Lipinski definition) is 1. The Hall–Kier alpha value is -2.69. The molecule has 2 aromatic carbocycles. The molecule has 22 heavy (non-hydrogen) atoms. The molecule has 0 spiro atoms. The average Bonchev–Trinajstić information content (AvgIpc) is 2.54. The van der Waals surface area contributed by atoms with E-state index in [1.807, 2.05) is 37.3 Å². The van der Waals surface area contributed by atoms with Crippen LogP contribution in [0.2, 0.25) is 0 Å². The summed E-state index contributed by atoms with van der Waals surface area (Å²) in [6.45, 7) is 1.46. The van der Waals surface area contributed by atoms with Crippen LogP contribution >= 0.6 is 0 Å². The zero-order valence-electron chi connectivity index (χ0n) is 12.1. The monoisotopic (exact) mass is 301 g/mol. The highest BCUT2D eigenvalue weighted by Gasteiger charge is 2.13. The lowest BCUT2D eigenvalue weighted by Crippen LogP contribution is -2.31. The first-order valence-electron chi connectivity index (χ1n) is 6.83.